The number of methoxy groups -OCH3 is 1. The first-order valence-electron chi connectivity index (χ1n) is 13.2. The van der Waals surface area contributed by atoms with Gasteiger partial charge in [0.25, 0.3) is 11.8 Å². The maximum atomic E-state index is 13.1. The van der Waals surface area contributed by atoms with Crippen molar-refractivity contribution in [2.24, 2.45) is 11.0 Å². The van der Waals surface area contributed by atoms with Crippen LogP contribution < -0.4 is 20.2 Å². The molecule has 2 amide bonds. The lowest BCUT2D eigenvalue weighted by atomic mass is 9.88. The number of rotatable bonds is 10. The first kappa shape index (κ1) is 28.8. The number of carbonyl (C=O) groups excluding carboxylic acids is 3. The highest BCUT2D eigenvalue weighted by Gasteiger charge is 2.29. The molecule has 1 aromatic heterocycles. The second-order valence-electron chi connectivity index (χ2n) is 9.52. The molecule has 10 heteroatoms. The van der Waals surface area contributed by atoms with Crippen molar-refractivity contribution in [2.75, 3.05) is 19.0 Å². The Balaban J connectivity index is 1.36. The van der Waals surface area contributed by atoms with Crippen molar-refractivity contribution in [1.82, 2.24) is 5.43 Å². The van der Waals surface area contributed by atoms with Gasteiger partial charge < -0.3 is 19.5 Å². The van der Waals surface area contributed by atoms with Crippen LogP contribution in [0.25, 0.3) is 0 Å². The van der Waals surface area contributed by atoms with Gasteiger partial charge in [0.2, 0.25) is 0 Å². The summed E-state index contributed by atoms with van der Waals surface area (Å²) in [5.41, 5.74) is 5.11. The van der Waals surface area contributed by atoms with E-state index in [1.54, 1.807) is 57.4 Å². The number of ether oxygens (including phenoxy) is 3. The Hall–Kier alpha value is -4.18. The third kappa shape index (κ3) is 7.06. The van der Waals surface area contributed by atoms with Crippen molar-refractivity contribution >= 4 is 40.3 Å². The number of anilines is 1. The molecule has 2 aromatic carbocycles. The molecule has 0 radical (unpaired) electrons. The van der Waals surface area contributed by atoms with E-state index in [4.69, 9.17) is 14.2 Å². The van der Waals surface area contributed by atoms with Gasteiger partial charge in [0.15, 0.2) is 6.10 Å². The van der Waals surface area contributed by atoms with Crippen LogP contribution in [0.15, 0.2) is 53.6 Å². The number of hydrogen-bond acceptors (Lipinski definition) is 8. The van der Waals surface area contributed by atoms with Crippen molar-refractivity contribution < 1.29 is 28.6 Å². The third-order valence-electron chi connectivity index (χ3n) is 6.52. The summed E-state index contributed by atoms with van der Waals surface area (Å²) < 4.78 is 16.1. The summed E-state index contributed by atoms with van der Waals surface area (Å²) in [7, 11) is 1.59. The van der Waals surface area contributed by atoms with Crippen molar-refractivity contribution in [1.29, 1.82) is 0 Å². The van der Waals surface area contributed by atoms with E-state index in [-0.39, 0.29) is 12.5 Å². The third-order valence-corrected chi connectivity index (χ3v) is 7.69. The van der Waals surface area contributed by atoms with Crippen LogP contribution in [0.5, 0.6) is 11.5 Å². The lowest BCUT2D eigenvalue weighted by molar-refractivity contribution is -0.127. The van der Waals surface area contributed by atoms with Gasteiger partial charge in [0, 0.05) is 10.4 Å². The summed E-state index contributed by atoms with van der Waals surface area (Å²) in [6.45, 7) is 5.82. The summed E-state index contributed by atoms with van der Waals surface area (Å²) in [5, 5.41) is 7.39. The summed E-state index contributed by atoms with van der Waals surface area (Å²) >= 11 is 1.45. The van der Waals surface area contributed by atoms with Gasteiger partial charge in [-0.15, -0.1) is 11.3 Å². The number of fused-ring (bicyclic) bond motifs is 1. The van der Waals surface area contributed by atoms with Crippen molar-refractivity contribution in [2.45, 2.75) is 46.1 Å². The topological polar surface area (TPSA) is 115 Å². The molecule has 210 valence electrons. The van der Waals surface area contributed by atoms with Gasteiger partial charge in [0.1, 0.15) is 16.5 Å². The Kier molecular flexibility index (Phi) is 9.55. The van der Waals surface area contributed by atoms with E-state index in [0.717, 1.165) is 41.0 Å². The van der Waals surface area contributed by atoms with E-state index in [0.29, 0.717) is 27.8 Å². The molecule has 2 N–H and O–H groups in total. The molecule has 4 rings (SSSR count). The van der Waals surface area contributed by atoms with Crippen LogP contribution in [-0.4, -0.2) is 43.8 Å². The van der Waals surface area contributed by atoms with Crippen LogP contribution >= 0.6 is 11.3 Å². The summed E-state index contributed by atoms with van der Waals surface area (Å²) in [5.74, 6) is 0.506. The van der Waals surface area contributed by atoms with Crippen LogP contribution in [0.3, 0.4) is 0 Å². The Labute approximate surface area is 237 Å². The smallest absolute Gasteiger partial charge is 0.341 e. The summed E-state index contributed by atoms with van der Waals surface area (Å²) in [4.78, 5) is 39.3. The van der Waals surface area contributed by atoms with E-state index < -0.39 is 18.0 Å². The predicted octanol–water partition coefficient (Wildman–Crippen LogP) is 5.23. The molecule has 1 heterocycles. The zero-order valence-corrected chi connectivity index (χ0v) is 23.8. The maximum absolute atomic E-state index is 13.1. The van der Waals surface area contributed by atoms with Crippen molar-refractivity contribution in [3.8, 4) is 11.5 Å². The average Bonchev–Trinajstić information content (AvgIpc) is 3.30. The molecule has 0 saturated heterocycles. The molecule has 0 aliphatic heterocycles. The Morgan fingerprint density at radius 1 is 1.10 bits per heavy atom. The fourth-order valence-electron chi connectivity index (χ4n) is 4.33. The number of benzene rings is 2. The number of nitrogens with one attached hydrogen (secondary N) is 2. The van der Waals surface area contributed by atoms with E-state index in [1.165, 1.54) is 17.6 Å². The molecule has 1 aliphatic carbocycles. The van der Waals surface area contributed by atoms with E-state index in [2.05, 4.69) is 22.8 Å². The van der Waals surface area contributed by atoms with Crippen LogP contribution in [-0.2, 0) is 22.4 Å². The van der Waals surface area contributed by atoms with Crippen LogP contribution in [0, 0.1) is 5.92 Å². The van der Waals surface area contributed by atoms with Gasteiger partial charge >= 0.3 is 5.97 Å². The van der Waals surface area contributed by atoms with Crippen LogP contribution in [0.2, 0.25) is 0 Å². The number of carbonyl (C=O) groups is 3. The molecule has 40 heavy (non-hydrogen) atoms. The first-order valence-corrected chi connectivity index (χ1v) is 14.0. The summed E-state index contributed by atoms with van der Waals surface area (Å²) in [6.07, 6.45) is 3.38. The second-order valence-corrected chi connectivity index (χ2v) is 10.6. The molecule has 3 aromatic rings. The number of esters is 1. The molecule has 9 nitrogen and oxygen atoms in total. The Morgan fingerprint density at radius 2 is 1.80 bits per heavy atom. The van der Waals surface area contributed by atoms with Crippen LogP contribution in [0.1, 0.15) is 63.9 Å². The Bertz CT molecular complexity index is 1380. The van der Waals surface area contributed by atoms with Crippen molar-refractivity contribution in [3.05, 3.63) is 75.7 Å². The molecule has 2 unspecified atom stereocenters. The average molecular weight is 564 g/mol. The zero-order chi connectivity index (χ0) is 28.6. The number of thiophene rings is 1. The van der Waals surface area contributed by atoms with Gasteiger partial charge in [-0.3, -0.25) is 9.59 Å². The maximum Gasteiger partial charge on any atom is 0.341 e. The van der Waals surface area contributed by atoms with Gasteiger partial charge in [0.05, 0.1) is 25.5 Å². The Morgan fingerprint density at radius 3 is 2.48 bits per heavy atom. The molecular formula is C30H33N3O6S. The monoisotopic (exact) mass is 563 g/mol. The molecule has 0 spiro atoms. The number of nitrogens with zero attached hydrogens (tertiary/aromatic N) is 1. The number of hydrazone groups is 1. The normalized spacial score (nSPS) is 15.2. The minimum absolute atomic E-state index is 0.264. The van der Waals surface area contributed by atoms with E-state index in [9.17, 15) is 14.4 Å². The first-order chi connectivity index (χ1) is 19.3. The molecule has 0 bridgehead atoms. The standard InChI is InChI=1S/C30H33N3O6S/c1-5-38-30(36)26-24-15-6-18(2)16-25(24)40-29(26)32-28(35)21-9-13-23(14-10-21)39-19(3)27(34)33-31-17-20-7-11-22(37-4)12-8-20/h7-14,17-19H,5-6,15-16H2,1-4H3,(H,32,35)(H,33,34). The highest BCUT2D eigenvalue weighted by molar-refractivity contribution is 7.17. The zero-order valence-electron chi connectivity index (χ0n) is 23.0. The second kappa shape index (κ2) is 13.3. The van der Waals surface area contributed by atoms with Gasteiger partial charge in [-0.2, -0.15) is 5.10 Å². The fourth-order valence-corrected chi connectivity index (χ4v) is 5.72. The minimum atomic E-state index is -0.820. The van der Waals surface area contributed by atoms with Crippen LogP contribution in [0.4, 0.5) is 5.00 Å². The van der Waals surface area contributed by atoms with Gasteiger partial charge in [-0.1, -0.05) is 6.92 Å². The quantitative estimate of drug-likeness (QED) is 0.198. The van der Waals surface area contributed by atoms with E-state index >= 15 is 0 Å². The van der Waals surface area contributed by atoms with E-state index in [1.807, 2.05) is 12.1 Å². The SMILES string of the molecule is CCOC(=O)c1c(NC(=O)c2ccc(OC(C)C(=O)NN=Cc3ccc(OC)cc3)cc2)sc2c1CCC(C)C2. The van der Waals surface area contributed by atoms with Gasteiger partial charge in [-0.05, 0) is 98.7 Å². The number of hydrogen-bond donors (Lipinski definition) is 2. The lowest BCUT2D eigenvalue weighted by Gasteiger charge is -2.18. The molecular weight excluding hydrogens is 530 g/mol. The summed E-state index contributed by atoms with van der Waals surface area (Å²) in [6, 6.07) is 13.7. The predicted molar refractivity (Wildman–Crippen MR) is 155 cm³/mol. The van der Waals surface area contributed by atoms with Gasteiger partial charge in [-0.25, -0.2) is 10.2 Å². The largest absolute Gasteiger partial charge is 0.497 e. The highest BCUT2D eigenvalue weighted by Crippen LogP contribution is 2.40. The van der Waals surface area contributed by atoms with Crippen molar-refractivity contribution in [3.63, 3.8) is 0 Å². The fraction of sp³-hybridized carbons (Fsp3) is 0.333. The molecule has 1 aliphatic rings. The number of amides is 2. The molecule has 2 atom stereocenters. The lowest BCUT2D eigenvalue weighted by Crippen LogP contribution is -2.33. The molecule has 0 fully saturated rings. The highest BCUT2D eigenvalue weighted by atomic mass is 32.1. The minimum Gasteiger partial charge on any atom is -0.497 e. The molecule has 0 saturated carbocycles.